The van der Waals surface area contributed by atoms with Crippen molar-refractivity contribution < 1.29 is 14.3 Å². The first kappa shape index (κ1) is 25.2. The van der Waals surface area contributed by atoms with Crippen molar-refractivity contribution in [2.24, 2.45) is 5.73 Å². The molecule has 1 amide bonds. The number of hydrogen-bond donors (Lipinski definition) is 2. The van der Waals surface area contributed by atoms with Crippen LogP contribution in [0.4, 0.5) is 0 Å². The van der Waals surface area contributed by atoms with Gasteiger partial charge < -0.3 is 10.5 Å². The van der Waals surface area contributed by atoms with Crippen LogP contribution in [-0.2, 0) is 14.3 Å². The Kier molecular flexibility index (Phi) is 7.05. The van der Waals surface area contributed by atoms with E-state index in [1.54, 1.807) is 16.7 Å². The van der Waals surface area contributed by atoms with E-state index in [1.807, 2.05) is 78.9 Å². The van der Waals surface area contributed by atoms with Crippen molar-refractivity contribution in [2.45, 2.75) is 17.5 Å². The first-order valence-electron chi connectivity index (χ1n) is 12.2. The number of rotatable bonds is 6. The highest BCUT2D eigenvalue weighted by Gasteiger charge is 2.53. The molecule has 2 unspecified atom stereocenters. The van der Waals surface area contributed by atoms with Crippen molar-refractivity contribution in [1.29, 1.82) is 0 Å². The molecule has 0 saturated carbocycles. The largest absolute Gasteiger partial charge is 0.448 e. The van der Waals surface area contributed by atoms with E-state index in [2.05, 4.69) is 38.9 Å². The predicted octanol–water partition coefficient (Wildman–Crippen LogP) is 6.07. The lowest BCUT2D eigenvalue weighted by atomic mass is 10.0. The van der Waals surface area contributed by atoms with Gasteiger partial charge in [-0.1, -0.05) is 91.0 Å². The predicted molar refractivity (Wildman–Crippen MR) is 159 cm³/mol. The van der Waals surface area contributed by atoms with Crippen LogP contribution in [0, 0.1) is 0 Å². The molecule has 0 bridgehead atoms. The van der Waals surface area contributed by atoms with Crippen molar-refractivity contribution >= 4 is 56.0 Å². The van der Waals surface area contributed by atoms with Crippen LogP contribution in [0.1, 0.15) is 22.8 Å². The van der Waals surface area contributed by atoms with Crippen LogP contribution in [0.15, 0.2) is 117 Å². The van der Waals surface area contributed by atoms with Crippen LogP contribution >= 0.6 is 38.6 Å². The molecule has 3 aliphatic heterocycles. The minimum Gasteiger partial charge on any atom is -0.448 e. The average Bonchev–Trinajstić information content (AvgIpc) is 3.37. The zero-order valence-corrected chi connectivity index (χ0v) is 23.5. The molecule has 192 valence electrons. The second-order valence-corrected chi connectivity index (χ2v) is 13.0. The SMILES string of the molecule is N[C@@H]1C(=O)N2C(C(=O)OC(c3ccccc3)c3ccccc3)=C([SH]3C=C(Br)C(c4ccccc4)=C3)CSC12. The second kappa shape index (κ2) is 10.6. The molecule has 0 spiro atoms. The summed E-state index contributed by atoms with van der Waals surface area (Å²) >= 11 is 5.34. The lowest BCUT2D eigenvalue weighted by Crippen LogP contribution is -2.68. The molecule has 3 aromatic carbocycles. The average molecular weight is 606 g/mol. The molecule has 3 aromatic rings. The number of hydrogen-bond acceptors (Lipinski definition) is 5. The zero-order valence-electron chi connectivity index (χ0n) is 20.2. The fourth-order valence-corrected chi connectivity index (χ4v) is 9.78. The molecule has 0 aromatic heterocycles. The zero-order chi connectivity index (χ0) is 26.2. The maximum Gasteiger partial charge on any atom is 0.356 e. The fraction of sp³-hybridized carbons (Fsp3) is 0.133. The number of nitrogens with two attached hydrogens (primary N) is 1. The fourth-order valence-electron chi connectivity index (χ4n) is 4.85. The Hall–Kier alpha value is -3.04. The van der Waals surface area contributed by atoms with E-state index in [4.69, 9.17) is 10.5 Å². The molecular formula is C30H25BrN2O3S2. The molecule has 2 N–H and O–H groups in total. The molecule has 0 radical (unpaired) electrons. The van der Waals surface area contributed by atoms with E-state index in [-0.39, 0.29) is 11.3 Å². The maximum atomic E-state index is 14.0. The van der Waals surface area contributed by atoms with Crippen LogP contribution in [0.2, 0.25) is 0 Å². The number of nitrogens with zero attached hydrogens (tertiary/aromatic N) is 1. The van der Waals surface area contributed by atoms with Crippen LogP contribution in [0.3, 0.4) is 0 Å². The van der Waals surface area contributed by atoms with Gasteiger partial charge in [-0.25, -0.2) is 4.79 Å². The van der Waals surface area contributed by atoms with Crippen molar-refractivity contribution in [3.05, 3.63) is 134 Å². The summed E-state index contributed by atoms with van der Waals surface area (Å²) in [6, 6.07) is 28.9. The van der Waals surface area contributed by atoms with E-state index >= 15 is 0 Å². The third kappa shape index (κ3) is 4.56. The number of β-lactam (4-membered cyclic amide) rings is 1. The Labute approximate surface area is 236 Å². The lowest BCUT2D eigenvalue weighted by Gasteiger charge is -2.49. The van der Waals surface area contributed by atoms with Crippen molar-refractivity contribution in [1.82, 2.24) is 4.90 Å². The van der Waals surface area contributed by atoms with Crippen molar-refractivity contribution in [2.75, 3.05) is 5.75 Å². The van der Waals surface area contributed by atoms with Gasteiger partial charge in [-0.3, -0.25) is 9.69 Å². The summed E-state index contributed by atoms with van der Waals surface area (Å²) in [4.78, 5) is 29.5. The summed E-state index contributed by atoms with van der Waals surface area (Å²) in [6.07, 6.45) is -0.606. The van der Waals surface area contributed by atoms with Crippen LogP contribution in [-0.4, -0.2) is 33.9 Å². The van der Waals surface area contributed by atoms with Crippen LogP contribution in [0.5, 0.6) is 0 Å². The molecule has 3 heterocycles. The van der Waals surface area contributed by atoms with Gasteiger partial charge in [0.1, 0.15) is 17.1 Å². The number of allylic oxidation sites excluding steroid dienone is 2. The summed E-state index contributed by atoms with van der Waals surface area (Å²) in [5.74, 6) is -0.140. The van der Waals surface area contributed by atoms with Gasteiger partial charge in [-0.15, -0.1) is 11.8 Å². The molecule has 3 aliphatic rings. The van der Waals surface area contributed by atoms with Crippen LogP contribution < -0.4 is 5.73 Å². The minimum atomic E-state index is -0.964. The molecular weight excluding hydrogens is 580 g/mol. The number of carbonyl (C=O) groups excluding carboxylic acids is 2. The van der Waals surface area contributed by atoms with Crippen molar-refractivity contribution in [3.8, 4) is 0 Å². The van der Waals surface area contributed by atoms with E-state index < -0.39 is 29.0 Å². The van der Waals surface area contributed by atoms with Gasteiger partial charge >= 0.3 is 5.97 Å². The molecule has 38 heavy (non-hydrogen) atoms. The molecule has 1 fully saturated rings. The lowest BCUT2D eigenvalue weighted by molar-refractivity contribution is -0.152. The van der Waals surface area contributed by atoms with Gasteiger partial charge in [-0.2, -0.15) is 10.9 Å². The highest BCUT2D eigenvalue weighted by molar-refractivity contribution is 9.12. The Morgan fingerprint density at radius 2 is 1.53 bits per heavy atom. The monoisotopic (exact) mass is 604 g/mol. The third-order valence-electron chi connectivity index (χ3n) is 6.79. The highest BCUT2D eigenvalue weighted by Crippen LogP contribution is 2.56. The van der Waals surface area contributed by atoms with Gasteiger partial charge in [0, 0.05) is 20.7 Å². The Morgan fingerprint density at radius 1 is 0.947 bits per heavy atom. The molecule has 3 atom stereocenters. The summed E-state index contributed by atoms with van der Waals surface area (Å²) in [6.45, 7) is 0. The number of halogens is 1. The number of fused-ring (bicyclic) bond motifs is 1. The number of benzene rings is 3. The number of thioether (sulfide) groups is 1. The molecule has 5 nitrogen and oxygen atoms in total. The minimum absolute atomic E-state index is 0.243. The Bertz CT molecular complexity index is 1440. The summed E-state index contributed by atoms with van der Waals surface area (Å²) in [7, 11) is -0.964. The van der Waals surface area contributed by atoms with Crippen LogP contribution in [0.25, 0.3) is 5.57 Å². The van der Waals surface area contributed by atoms with Crippen molar-refractivity contribution in [3.63, 3.8) is 0 Å². The van der Waals surface area contributed by atoms with Gasteiger partial charge in [0.15, 0.2) is 6.10 Å². The quantitative estimate of drug-likeness (QED) is 0.203. The number of ether oxygens (including phenoxy) is 1. The summed E-state index contributed by atoms with van der Waals surface area (Å²) in [5, 5.41) is 4.09. The van der Waals surface area contributed by atoms with Gasteiger partial charge in [0.2, 0.25) is 5.91 Å². The highest BCUT2D eigenvalue weighted by atomic mass is 79.9. The smallest absolute Gasteiger partial charge is 0.356 e. The second-order valence-electron chi connectivity index (χ2n) is 9.13. The number of carbonyl (C=O) groups is 2. The van der Waals surface area contributed by atoms with E-state index in [0.717, 1.165) is 31.7 Å². The van der Waals surface area contributed by atoms with Gasteiger partial charge in [0.05, 0.1) is 0 Å². The van der Waals surface area contributed by atoms with E-state index in [9.17, 15) is 9.59 Å². The Morgan fingerprint density at radius 3 is 2.13 bits per heavy atom. The maximum absolute atomic E-state index is 14.0. The normalized spacial score (nSPS) is 23.5. The first-order valence-corrected chi connectivity index (χ1v) is 15.5. The molecule has 8 heteroatoms. The van der Waals surface area contributed by atoms with Gasteiger partial charge in [0.25, 0.3) is 0 Å². The summed E-state index contributed by atoms with van der Waals surface area (Å²) in [5.41, 5.74) is 10.4. The number of esters is 1. The van der Waals surface area contributed by atoms with E-state index in [1.165, 1.54) is 0 Å². The first-order chi connectivity index (χ1) is 18.5. The standard InChI is InChI=1S/C30H25BrN2O3S2/c31-23-18-38(17-22(23)19-10-4-1-5-11-19)24-16-37-29-25(32)28(34)33(29)26(24)30(35)36-27(20-12-6-2-7-13-20)21-14-8-3-9-15-21/h1-15,17-18,25,27,29,38H,16,32H2/t25-,29?/m1/s1. The molecule has 1 saturated heterocycles. The number of thiol groups is 1. The molecule has 0 aliphatic carbocycles. The summed E-state index contributed by atoms with van der Waals surface area (Å²) < 4.78 is 7.23. The third-order valence-corrected chi connectivity index (χ3v) is 11.4. The van der Waals surface area contributed by atoms with E-state index in [0.29, 0.717) is 11.4 Å². The molecule has 6 rings (SSSR count). The number of amides is 1. The Balaban J connectivity index is 1.40. The van der Waals surface area contributed by atoms with Gasteiger partial charge in [-0.05, 0) is 43.4 Å². The topological polar surface area (TPSA) is 72.6 Å².